The van der Waals surface area contributed by atoms with Crippen LogP contribution in [0.5, 0.6) is 0 Å². The zero-order valence-electron chi connectivity index (χ0n) is 17.8. The number of amides is 1. The summed E-state index contributed by atoms with van der Waals surface area (Å²) in [4.78, 5) is 18.1. The average Bonchev–Trinajstić information content (AvgIpc) is 2.82. The minimum absolute atomic E-state index is 0.0127. The summed E-state index contributed by atoms with van der Waals surface area (Å²) in [5, 5.41) is 0. The van der Waals surface area contributed by atoms with Gasteiger partial charge in [-0.3, -0.25) is 9.69 Å². The van der Waals surface area contributed by atoms with Gasteiger partial charge in [0, 0.05) is 16.7 Å². The number of carbonyl (C=O) groups is 1. The molecular formula is C28H23BrN2O. The monoisotopic (exact) mass is 482 g/mol. The van der Waals surface area contributed by atoms with E-state index in [9.17, 15) is 4.79 Å². The Hall–Kier alpha value is -3.37. The molecule has 4 heteroatoms. The number of halogens is 1. The number of benzene rings is 4. The van der Waals surface area contributed by atoms with Crippen LogP contribution in [-0.2, 0) is 6.54 Å². The average molecular weight is 483 g/mol. The molecule has 0 bridgehead atoms. The van der Waals surface area contributed by atoms with Crippen molar-refractivity contribution in [1.82, 2.24) is 0 Å². The van der Waals surface area contributed by atoms with Crippen molar-refractivity contribution in [3.05, 3.63) is 130 Å². The van der Waals surface area contributed by atoms with Gasteiger partial charge in [0.05, 0.1) is 11.3 Å². The van der Waals surface area contributed by atoms with Gasteiger partial charge in [0.2, 0.25) is 0 Å². The molecule has 0 N–H and O–H groups in total. The number of para-hydroxylation sites is 1. The molecule has 0 unspecified atom stereocenters. The van der Waals surface area contributed by atoms with E-state index in [1.165, 1.54) is 11.1 Å². The molecule has 1 amide bonds. The molecule has 0 radical (unpaired) electrons. The fraction of sp³-hybridized carbons (Fsp3) is 0.107. The van der Waals surface area contributed by atoms with Crippen LogP contribution in [0.2, 0.25) is 0 Å². The lowest BCUT2D eigenvalue weighted by Crippen LogP contribution is -2.49. The predicted molar refractivity (Wildman–Crippen MR) is 134 cm³/mol. The van der Waals surface area contributed by atoms with Crippen LogP contribution in [0.1, 0.15) is 33.2 Å². The van der Waals surface area contributed by atoms with Crippen LogP contribution in [-0.4, -0.2) is 5.91 Å². The number of aryl methyl sites for hydroxylation is 1. The van der Waals surface area contributed by atoms with Gasteiger partial charge in [0.1, 0.15) is 6.17 Å². The van der Waals surface area contributed by atoms with E-state index < -0.39 is 0 Å². The van der Waals surface area contributed by atoms with Gasteiger partial charge in [-0.15, -0.1) is 0 Å². The summed E-state index contributed by atoms with van der Waals surface area (Å²) < 4.78 is 0.991. The molecular weight excluding hydrogens is 460 g/mol. The van der Waals surface area contributed by atoms with Crippen molar-refractivity contribution in [2.24, 2.45) is 0 Å². The van der Waals surface area contributed by atoms with Gasteiger partial charge < -0.3 is 4.90 Å². The Morgan fingerprint density at radius 2 is 1.53 bits per heavy atom. The van der Waals surface area contributed by atoms with E-state index in [4.69, 9.17) is 0 Å². The van der Waals surface area contributed by atoms with Gasteiger partial charge in [-0.2, -0.15) is 0 Å². The van der Waals surface area contributed by atoms with E-state index in [2.05, 4.69) is 76.3 Å². The van der Waals surface area contributed by atoms with E-state index in [1.54, 1.807) is 0 Å². The maximum Gasteiger partial charge on any atom is 0.262 e. The quantitative estimate of drug-likeness (QED) is 0.309. The normalized spacial score (nSPS) is 15.6. The molecule has 0 aromatic heterocycles. The lowest BCUT2D eigenvalue weighted by atomic mass is 9.99. The maximum absolute atomic E-state index is 13.9. The van der Waals surface area contributed by atoms with Crippen molar-refractivity contribution < 1.29 is 4.79 Å². The largest absolute Gasteiger partial charge is 0.342 e. The summed E-state index contributed by atoms with van der Waals surface area (Å²) in [6.45, 7) is 2.75. The number of rotatable bonds is 4. The Balaban J connectivity index is 1.73. The lowest BCUT2D eigenvalue weighted by molar-refractivity contribution is 0.0968. The molecule has 1 heterocycles. The molecule has 1 atom stereocenters. The fourth-order valence-corrected chi connectivity index (χ4v) is 4.75. The first kappa shape index (κ1) is 20.5. The molecule has 1 aliphatic heterocycles. The Bertz CT molecular complexity index is 1250. The number of hydrogen-bond acceptors (Lipinski definition) is 2. The lowest BCUT2D eigenvalue weighted by Gasteiger charge is -2.46. The van der Waals surface area contributed by atoms with Crippen LogP contribution in [0.3, 0.4) is 0 Å². The second-order valence-corrected chi connectivity index (χ2v) is 8.99. The van der Waals surface area contributed by atoms with Crippen LogP contribution in [0.25, 0.3) is 0 Å². The highest BCUT2D eigenvalue weighted by molar-refractivity contribution is 9.10. The number of anilines is 2. The Labute approximate surface area is 197 Å². The smallest absolute Gasteiger partial charge is 0.262 e. The summed E-state index contributed by atoms with van der Waals surface area (Å²) in [6, 6.07) is 34.7. The van der Waals surface area contributed by atoms with Crippen molar-refractivity contribution in [3.63, 3.8) is 0 Å². The third-order valence-electron chi connectivity index (χ3n) is 5.86. The maximum atomic E-state index is 13.9. The topological polar surface area (TPSA) is 23.6 Å². The van der Waals surface area contributed by atoms with Crippen molar-refractivity contribution in [2.45, 2.75) is 19.6 Å². The minimum Gasteiger partial charge on any atom is -0.342 e. The molecule has 5 rings (SSSR count). The molecule has 0 aliphatic carbocycles. The second kappa shape index (κ2) is 8.64. The minimum atomic E-state index is -0.280. The molecule has 4 aromatic rings. The molecule has 0 saturated heterocycles. The zero-order chi connectivity index (χ0) is 22.1. The molecule has 3 nitrogen and oxygen atoms in total. The van der Waals surface area contributed by atoms with Gasteiger partial charge in [-0.1, -0.05) is 88.2 Å². The fourth-order valence-electron chi connectivity index (χ4n) is 4.33. The second-order valence-electron chi connectivity index (χ2n) is 8.07. The van der Waals surface area contributed by atoms with Crippen molar-refractivity contribution >= 4 is 33.2 Å². The summed E-state index contributed by atoms with van der Waals surface area (Å²) >= 11 is 3.63. The molecule has 1 aliphatic rings. The van der Waals surface area contributed by atoms with Crippen LogP contribution >= 0.6 is 15.9 Å². The standard InChI is InChI=1S/C28H23BrN2O/c1-20-14-16-24(17-15-20)31-27(22-10-7-11-23(29)18-22)30(19-21-8-3-2-4-9-21)26-13-6-5-12-25(26)28(31)32/h2-18,27H,19H2,1H3/t27-/m0/s1. The van der Waals surface area contributed by atoms with Gasteiger partial charge in [-0.25, -0.2) is 0 Å². The van der Waals surface area contributed by atoms with Crippen LogP contribution < -0.4 is 9.80 Å². The summed E-state index contributed by atoms with van der Waals surface area (Å²) in [5.41, 5.74) is 5.97. The van der Waals surface area contributed by atoms with Crippen molar-refractivity contribution in [2.75, 3.05) is 9.80 Å². The SMILES string of the molecule is Cc1ccc(N2C(=O)c3ccccc3N(Cc3ccccc3)[C@@H]2c2cccc(Br)c2)cc1. The first-order valence-electron chi connectivity index (χ1n) is 10.7. The van der Waals surface area contributed by atoms with E-state index in [0.717, 1.165) is 27.0 Å². The Morgan fingerprint density at radius 3 is 2.28 bits per heavy atom. The zero-order valence-corrected chi connectivity index (χ0v) is 19.4. The molecule has 158 valence electrons. The number of hydrogen-bond donors (Lipinski definition) is 0. The van der Waals surface area contributed by atoms with Crippen LogP contribution in [0.15, 0.2) is 108 Å². The van der Waals surface area contributed by atoms with Crippen LogP contribution in [0, 0.1) is 6.92 Å². The van der Waals surface area contributed by atoms with E-state index in [-0.39, 0.29) is 12.1 Å². The molecule has 0 spiro atoms. The predicted octanol–water partition coefficient (Wildman–Crippen LogP) is 7.12. The summed E-state index contributed by atoms with van der Waals surface area (Å²) in [6.07, 6.45) is -0.280. The Kier molecular flexibility index (Phi) is 5.54. The molecule has 0 saturated carbocycles. The molecule has 32 heavy (non-hydrogen) atoms. The van der Waals surface area contributed by atoms with Crippen LogP contribution in [0.4, 0.5) is 11.4 Å². The summed E-state index contributed by atoms with van der Waals surface area (Å²) in [7, 11) is 0. The van der Waals surface area contributed by atoms with Gasteiger partial charge in [0.15, 0.2) is 0 Å². The molecule has 4 aromatic carbocycles. The Morgan fingerprint density at radius 1 is 0.812 bits per heavy atom. The van der Waals surface area contributed by atoms with Gasteiger partial charge in [0.25, 0.3) is 5.91 Å². The highest BCUT2D eigenvalue weighted by Gasteiger charge is 2.39. The first-order valence-corrected chi connectivity index (χ1v) is 11.5. The highest BCUT2D eigenvalue weighted by atomic mass is 79.9. The third-order valence-corrected chi connectivity index (χ3v) is 6.35. The van der Waals surface area contributed by atoms with E-state index in [1.807, 2.05) is 59.5 Å². The number of carbonyl (C=O) groups excluding carboxylic acids is 1. The van der Waals surface area contributed by atoms with E-state index >= 15 is 0 Å². The van der Waals surface area contributed by atoms with Crippen molar-refractivity contribution in [1.29, 1.82) is 0 Å². The highest BCUT2D eigenvalue weighted by Crippen LogP contribution is 2.42. The van der Waals surface area contributed by atoms with Gasteiger partial charge in [-0.05, 0) is 54.4 Å². The first-order chi connectivity index (χ1) is 15.6. The summed E-state index contributed by atoms with van der Waals surface area (Å²) in [5.74, 6) is 0.0127. The van der Waals surface area contributed by atoms with E-state index in [0.29, 0.717) is 6.54 Å². The third kappa shape index (κ3) is 3.82. The number of nitrogens with zero attached hydrogens (tertiary/aromatic N) is 2. The van der Waals surface area contributed by atoms with Crippen molar-refractivity contribution in [3.8, 4) is 0 Å². The van der Waals surface area contributed by atoms with Gasteiger partial charge >= 0.3 is 0 Å². The number of fused-ring (bicyclic) bond motifs is 1. The molecule has 0 fully saturated rings.